The zero-order valence-electron chi connectivity index (χ0n) is 9.18. The van der Waals surface area contributed by atoms with Gasteiger partial charge in [0, 0.05) is 13.1 Å². The molecule has 0 aromatic rings. The SMILES string of the molecule is CC(C)CCNC(=S)NCC(C)C. The fourth-order valence-corrected chi connectivity index (χ4v) is 1.02. The lowest BCUT2D eigenvalue weighted by Gasteiger charge is -2.12. The van der Waals surface area contributed by atoms with E-state index in [-0.39, 0.29) is 0 Å². The van der Waals surface area contributed by atoms with Crippen molar-refractivity contribution in [2.75, 3.05) is 13.1 Å². The Balaban J connectivity index is 3.30. The lowest BCUT2D eigenvalue weighted by atomic mass is 10.1. The number of rotatable bonds is 5. The molecular weight excluding hydrogens is 180 g/mol. The topological polar surface area (TPSA) is 24.1 Å². The van der Waals surface area contributed by atoms with E-state index >= 15 is 0 Å². The van der Waals surface area contributed by atoms with E-state index in [1.54, 1.807) is 0 Å². The lowest BCUT2D eigenvalue weighted by Crippen LogP contribution is -2.37. The second kappa shape index (κ2) is 7.13. The highest BCUT2D eigenvalue weighted by Crippen LogP contribution is 1.96. The zero-order valence-corrected chi connectivity index (χ0v) is 10.0. The van der Waals surface area contributed by atoms with Crippen molar-refractivity contribution in [1.82, 2.24) is 10.6 Å². The van der Waals surface area contributed by atoms with E-state index in [4.69, 9.17) is 12.2 Å². The summed E-state index contributed by atoms with van der Waals surface area (Å²) in [7, 11) is 0. The molecule has 0 aromatic heterocycles. The van der Waals surface area contributed by atoms with Crippen molar-refractivity contribution in [1.29, 1.82) is 0 Å². The van der Waals surface area contributed by atoms with E-state index < -0.39 is 0 Å². The second-order valence-electron chi connectivity index (χ2n) is 4.21. The first-order valence-electron chi connectivity index (χ1n) is 5.04. The van der Waals surface area contributed by atoms with Crippen molar-refractivity contribution in [2.45, 2.75) is 34.1 Å². The Hall–Kier alpha value is -0.310. The van der Waals surface area contributed by atoms with Crippen molar-refractivity contribution < 1.29 is 0 Å². The van der Waals surface area contributed by atoms with Gasteiger partial charge in [-0.2, -0.15) is 0 Å². The van der Waals surface area contributed by atoms with E-state index in [0.717, 1.165) is 24.1 Å². The van der Waals surface area contributed by atoms with Gasteiger partial charge in [-0.25, -0.2) is 0 Å². The Morgan fingerprint density at radius 3 is 2.15 bits per heavy atom. The predicted molar refractivity (Wildman–Crippen MR) is 62.9 cm³/mol. The molecule has 0 rings (SSSR count). The van der Waals surface area contributed by atoms with Gasteiger partial charge in [0.2, 0.25) is 0 Å². The second-order valence-corrected chi connectivity index (χ2v) is 4.62. The molecule has 2 nitrogen and oxygen atoms in total. The van der Waals surface area contributed by atoms with Crippen LogP contribution < -0.4 is 10.6 Å². The summed E-state index contributed by atoms with van der Waals surface area (Å²) in [5, 5.41) is 7.15. The summed E-state index contributed by atoms with van der Waals surface area (Å²) in [4.78, 5) is 0. The maximum atomic E-state index is 5.10. The van der Waals surface area contributed by atoms with Crippen LogP contribution in [0, 0.1) is 11.8 Å². The molecule has 0 fully saturated rings. The minimum absolute atomic E-state index is 0.643. The Labute approximate surface area is 87.5 Å². The molecule has 0 aliphatic heterocycles. The van der Waals surface area contributed by atoms with Crippen LogP contribution in [0.25, 0.3) is 0 Å². The van der Waals surface area contributed by atoms with Gasteiger partial charge in [0.1, 0.15) is 0 Å². The summed E-state index contributed by atoms with van der Waals surface area (Å²) in [5.74, 6) is 1.38. The van der Waals surface area contributed by atoms with Gasteiger partial charge in [0.05, 0.1) is 0 Å². The maximum Gasteiger partial charge on any atom is 0.166 e. The van der Waals surface area contributed by atoms with Crippen LogP contribution in [0.5, 0.6) is 0 Å². The third-order valence-corrected chi connectivity index (χ3v) is 1.97. The molecule has 2 N–H and O–H groups in total. The highest BCUT2D eigenvalue weighted by Gasteiger charge is 1.97. The molecule has 0 atom stereocenters. The summed E-state index contributed by atoms with van der Waals surface area (Å²) in [6, 6.07) is 0. The van der Waals surface area contributed by atoms with Crippen LogP contribution in [0.1, 0.15) is 34.1 Å². The third-order valence-electron chi connectivity index (χ3n) is 1.68. The van der Waals surface area contributed by atoms with E-state index in [1.165, 1.54) is 6.42 Å². The Bertz CT molecular complexity index is 144. The molecule has 0 unspecified atom stereocenters. The molecular formula is C10H22N2S. The molecule has 0 saturated carbocycles. The number of hydrogen-bond donors (Lipinski definition) is 2. The standard InChI is InChI=1S/C10H22N2S/c1-8(2)5-6-11-10(13)12-7-9(3)4/h8-9H,5-7H2,1-4H3,(H2,11,12,13). The Kier molecular flexibility index (Phi) is 6.96. The van der Waals surface area contributed by atoms with E-state index in [0.29, 0.717) is 5.92 Å². The highest BCUT2D eigenvalue weighted by atomic mass is 32.1. The molecule has 0 bridgehead atoms. The Morgan fingerprint density at radius 1 is 1.08 bits per heavy atom. The molecule has 0 aromatic carbocycles. The first-order chi connectivity index (χ1) is 6.02. The maximum absolute atomic E-state index is 5.10. The van der Waals surface area contributed by atoms with Gasteiger partial charge in [0.25, 0.3) is 0 Å². The van der Waals surface area contributed by atoms with E-state index in [1.807, 2.05) is 0 Å². The number of nitrogens with one attached hydrogen (secondary N) is 2. The molecule has 78 valence electrons. The quantitative estimate of drug-likeness (QED) is 0.668. The average Bonchev–Trinajstić information content (AvgIpc) is 2.00. The van der Waals surface area contributed by atoms with Crippen LogP contribution in [-0.4, -0.2) is 18.2 Å². The van der Waals surface area contributed by atoms with Crippen LogP contribution in [0.15, 0.2) is 0 Å². The van der Waals surface area contributed by atoms with Crippen LogP contribution in [0.2, 0.25) is 0 Å². The summed E-state index contributed by atoms with van der Waals surface area (Å²) in [5.41, 5.74) is 0. The van der Waals surface area contributed by atoms with Gasteiger partial charge in [-0.15, -0.1) is 0 Å². The van der Waals surface area contributed by atoms with Gasteiger partial charge in [-0.1, -0.05) is 27.7 Å². The normalized spacial score (nSPS) is 10.6. The van der Waals surface area contributed by atoms with Gasteiger partial charge >= 0.3 is 0 Å². The summed E-state index contributed by atoms with van der Waals surface area (Å²) in [6.07, 6.45) is 1.17. The highest BCUT2D eigenvalue weighted by molar-refractivity contribution is 7.80. The largest absolute Gasteiger partial charge is 0.363 e. The van der Waals surface area contributed by atoms with Crippen LogP contribution in [0.4, 0.5) is 0 Å². The number of hydrogen-bond acceptors (Lipinski definition) is 1. The molecule has 0 radical (unpaired) electrons. The lowest BCUT2D eigenvalue weighted by molar-refractivity contribution is 0.570. The van der Waals surface area contributed by atoms with Gasteiger partial charge < -0.3 is 10.6 Å². The zero-order chi connectivity index (χ0) is 10.3. The summed E-state index contributed by atoms with van der Waals surface area (Å²) >= 11 is 5.10. The third kappa shape index (κ3) is 9.61. The van der Waals surface area contributed by atoms with Crippen molar-refractivity contribution in [2.24, 2.45) is 11.8 Å². The molecule has 0 aliphatic rings. The summed E-state index contributed by atoms with van der Waals surface area (Å²) < 4.78 is 0. The minimum Gasteiger partial charge on any atom is -0.363 e. The number of thiocarbonyl (C=S) groups is 1. The Morgan fingerprint density at radius 2 is 1.69 bits per heavy atom. The molecule has 0 saturated heterocycles. The average molecular weight is 202 g/mol. The molecule has 0 spiro atoms. The monoisotopic (exact) mass is 202 g/mol. The molecule has 13 heavy (non-hydrogen) atoms. The van der Waals surface area contributed by atoms with Crippen molar-refractivity contribution in [3.8, 4) is 0 Å². The fourth-order valence-electron chi connectivity index (χ4n) is 0.834. The molecule has 0 heterocycles. The summed E-state index contributed by atoms with van der Waals surface area (Å²) in [6.45, 7) is 10.7. The first kappa shape index (κ1) is 12.7. The van der Waals surface area contributed by atoms with Crippen molar-refractivity contribution >= 4 is 17.3 Å². The van der Waals surface area contributed by atoms with Gasteiger partial charge in [-0.05, 0) is 30.5 Å². The molecule has 3 heteroatoms. The van der Waals surface area contributed by atoms with Gasteiger partial charge in [0.15, 0.2) is 5.11 Å². The van der Waals surface area contributed by atoms with Gasteiger partial charge in [-0.3, -0.25) is 0 Å². The first-order valence-corrected chi connectivity index (χ1v) is 5.45. The van der Waals surface area contributed by atoms with Crippen LogP contribution >= 0.6 is 12.2 Å². The smallest absolute Gasteiger partial charge is 0.166 e. The van der Waals surface area contributed by atoms with Crippen molar-refractivity contribution in [3.05, 3.63) is 0 Å². The minimum atomic E-state index is 0.643. The van der Waals surface area contributed by atoms with Crippen molar-refractivity contribution in [3.63, 3.8) is 0 Å². The van der Waals surface area contributed by atoms with E-state index in [9.17, 15) is 0 Å². The van der Waals surface area contributed by atoms with Crippen LogP contribution in [0.3, 0.4) is 0 Å². The predicted octanol–water partition coefficient (Wildman–Crippen LogP) is 2.15. The van der Waals surface area contributed by atoms with E-state index in [2.05, 4.69) is 38.3 Å². The van der Waals surface area contributed by atoms with Crippen LogP contribution in [-0.2, 0) is 0 Å². The fraction of sp³-hybridized carbons (Fsp3) is 0.900. The molecule has 0 amide bonds. The molecule has 0 aliphatic carbocycles.